The summed E-state index contributed by atoms with van der Waals surface area (Å²) in [5.74, 6) is 4.98. The third-order valence-corrected chi connectivity index (χ3v) is 2.76. The number of pyridine rings is 1. The van der Waals surface area contributed by atoms with Gasteiger partial charge in [0.25, 0.3) is 5.91 Å². The standard InChI is InChI=1S/C11H15N5O2/c12-16-8-1-3-9(13-6-8)11(18)15-7-2-4-10(17)14-5-7/h1,3,6-7,16H,2,4-5,12H2,(H,14,17)(H,15,18). The minimum atomic E-state index is -0.250. The molecule has 1 aliphatic heterocycles. The molecular weight excluding hydrogens is 234 g/mol. The van der Waals surface area contributed by atoms with E-state index in [0.717, 1.165) is 0 Å². The van der Waals surface area contributed by atoms with Crippen LogP contribution in [0.2, 0.25) is 0 Å². The molecule has 1 aromatic heterocycles. The number of aromatic nitrogens is 1. The van der Waals surface area contributed by atoms with Crippen molar-refractivity contribution in [3.8, 4) is 0 Å². The van der Waals surface area contributed by atoms with Gasteiger partial charge in [-0.2, -0.15) is 0 Å². The first-order chi connectivity index (χ1) is 8.69. The summed E-state index contributed by atoms with van der Waals surface area (Å²) in [6.07, 6.45) is 2.58. The second-order valence-corrected chi connectivity index (χ2v) is 4.09. The number of anilines is 1. The van der Waals surface area contributed by atoms with E-state index in [1.165, 1.54) is 6.20 Å². The Hall–Kier alpha value is -2.15. The Labute approximate surface area is 104 Å². The molecular formula is C11H15N5O2. The van der Waals surface area contributed by atoms with Crippen LogP contribution in [0.15, 0.2) is 18.3 Å². The Morgan fingerprint density at radius 3 is 2.89 bits per heavy atom. The number of rotatable bonds is 3. The summed E-state index contributed by atoms with van der Waals surface area (Å²) in [6.45, 7) is 0.465. The summed E-state index contributed by atoms with van der Waals surface area (Å²) in [5.41, 5.74) is 3.40. The van der Waals surface area contributed by atoms with Gasteiger partial charge in [-0.05, 0) is 18.6 Å². The van der Waals surface area contributed by atoms with Gasteiger partial charge in [0.05, 0.1) is 11.9 Å². The molecule has 2 rings (SSSR count). The molecule has 1 aromatic rings. The van der Waals surface area contributed by atoms with Crippen molar-refractivity contribution in [2.45, 2.75) is 18.9 Å². The first-order valence-electron chi connectivity index (χ1n) is 5.69. The third-order valence-electron chi connectivity index (χ3n) is 2.76. The van der Waals surface area contributed by atoms with Crippen LogP contribution < -0.4 is 21.9 Å². The van der Waals surface area contributed by atoms with Crippen molar-refractivity contribution >= 4 is 17.5 Å². The van der Waals surface area contributed by atoms with E-state index in [4.69, 9.17) is 5.84 Å². The van der Waals surface area contributed by atoms with Gasteiger partial charge >= 0.3 is 0 Å². The summed E-state index contributed by atoms with van der Waals surface area (Å²) < 4.78 is 0. The van der Waals surface area contributed by atoms with Crippen LogP contribution in [0.5, 0.6) is 0 Å². The van der Waals surface area contributed by atoms with Crippen LogP contribution in [0, 0.1) is 0 Å². The Morgan fingerprint density at radius 1 is 1.50 bits per heavy atom. The molecule has 5 N–H and O–H groups in total. The first-order valence-corrected chi connectivity index (χ1v) is 5.69. The average Bonchev–Trinajstić information content (AvgIpc) is 2.41. The Bertz CT molecular complexity index is 435. The zero-order valence-corrected chi connectivity index (χ0v) is 9.77. The summed E-state index contributed by atoms with van der Waals surface area (Å²) in [7, 11) is 0. The number of carbonyl (C=O) groups excluding carboxylic acids is 2. The second-order valence-electron chi connectivity index (χ2n) is 4.09. The number of carbonyl (C=O) groups is 2. The number of piperidine rings is 1. The molecule has 0 bridgehead atoms. The van der Waals surface area contributed by atoms with Crippen LogP contribution in [-0.2, 0) is 4.79 Å². The normalized spacial score (nSPS) is 18.9. The zero-order valence-electron chi connectivity index (χ0n) is 9.77. The van der Waals surface area contributed by atoms with E-state index < -0.39 is 0 Å². The average molecular weight is 249 g/mol. The number of nitrogens with zero attached hydrogens (tertiary/aromatic N) is 1. The van der Waals surface area contributed by atoms with Crippen molar-refractivity contribution in [2.24, 2.45) is 5.84 Å². The highest BCUT2D eigenvalue weighted by Gasteiger charge is 2.20. The molecule has 0 aliphatic carbocycles. The van der Waals surface area contributed by atoms with Crippen molar-refractivity contribution < 1.29 is 9.59 Å². The minimum absolute atomic E-state index is 0.0250. The molecule has 1 fully saturated rings. The molecule has 0 saturated carbocycles. The van der Waals surface area contributed by atoms with Gasteiger partial charge in [0, 0.05) is 19.0 Å². The predicted octanol–water partition coefficient (Wildman–Crippen LogP) is -0.624. The van der Waals surface area contributed by atoms with Gasteiger partial charge in [0.1, 0.15) is 5.69 Å². The molecule has 0 aromatic carbocycles. The van der Waals surface area contributed by atoms with Gasteiger partial charge in [0.15, 0.2) is 0 Å². The SMILES string of the molecule is NNc1ccc(C(=O)NC2CCC(=O)NC2)nc1. The van der Waals surface area contributed by atoms with E-state index >= 15 is 0 Å². The summed E-state index contributed by atoms with van der Waals surface area (Å²) in [4.78, 5) is 26.8. The fourth-order valence-corrected chi connectivity index (χ4v) is 1.73. The minimum Gasteiger partial charge on any atom is -0.354 e. The lowest BCUT2D eigenvalue weighted by Crippen LogP contribution is -2.47. The molecule has 18 heavy (non-hydrogen) atoms. The van der Waals surface area contributed by atoms with Gasteiger partial charge in [-0.15, -0.1) is 0 Å². The van der Waals surface area contributed by atoms with E-state index in [0.29, 0.717) is 30.8 Å². The Morgan fingerprint density at radius 2 is 2.33 bits per heavy atom. The van der Waals surface area contributed by atoms with E-state index in [9.17, 15) is 9.59 Å². The number of amides is 2. The maximum Gasteiger partial charge on any atom is 0.270 e. The first kappa shape index (κ1) is 12.3. The monoisotopic (exact) mass is 249 g/mol. The van der Waals surface area contributed by atoms with Gasteiger partial charge < -0.3 is 16.1 Å². The summed E-state index contributed by atoms with van der Waals surface area (Å²) >= 11 is 0. The molecule has 96 valence electrons. The van der Waals surface area contributed by atoms with Crippen LogP contribution in [-0.4, -0.2) is 29.4 Å². The topological polar surface area (TPSA) is 109 Å². The summed E-state index contributed by atoms with van der Waals surface area (Å²) in [5, 5.41) is 5.53. The predicted molar refractivity (Wildman–Crippen MR) is 65.5 cm³/mol. The van der Waals surface area contributed by atoms with E-state index in [2.05, 4.69) is 21.0 Å². The molecule has 1 aliphatic rings. The van der Waals surface area contributed by atoms with Crippen LogP contribution in [0.4, 0.5) is 5.69 Å². The highest BCUT2D eigenvalue weighted by atomic mass is 16.2. The lowest BCUT2D eigenvalue weighted by atomic mass is 10.1. The number of nitrogens with one attached hydrogen (secondary N) is 3. The zero-order chi connectivity index (χ0) is 13.0. The van der Waals surface area contributed by atoms with Crippen LogP contribution in [0.25, 0.3) is 0 Å². The number of nitrogens with two attached hydrogens (primary N) is 1. The molecule has 2 amide bonds. The molecule has 2 heterocycles. The molecule has 0 radical (unpaired) electrons. The van der Waals surface area contributed by atoms with Crippen molar-refractivity contribution in [2.75, 3.05) is 12.0 Å². The van der Waals surface area contributed by atoms with Crippen molar-refractivity contribution in [1.29, 1.82) is 0 Å². The lowest BCUT2D eigenvalue weighted by Gasteiger charge is -2.23. The smallest absolute Gasteiger partial charge is 0.270 e. The quantitative estimate of drug-likeness (QED) is 0.421. The fraction of sp³-hybridized carbons (Fsp3) is 0.364. The van der Waals surface area contributed by atoms with E-state index in [1.807, 2.05) is 0 Å². The number of hydrogen-bond acceptors (Lipinski definition) is 5. The van der Waals surface area contributed by atoms with Gasteiger partial charge in [-0.25, -0.2) is 4.98 Å². The molecule has 7 nitrogen and oxygen atoms in total. The molecule has 1 saturated heterocycles. The van der Waals surface area contributed by atoms with Gasteiger partial charge in [-0.1, -0.05) is 0 Å². The van der Waals surface area contributed by atoms with Gasteiger partial charge in [-0.3, -0.25) is 15.4 Å². The highest BCUT2D eigenvalue weighted by Crippen LogP contribution is 2.06. The fourth-order valence-electron chi connectivity index (χ4n) is 1.73. The largest absolute Gasteiger partial charge is 0.354 e. The molecule has 1 unspecified atom stereocenters. The van der Waals surface area contributed by atoms with E-state index in [1.54, 1.807) is 12.1 Å². The number of hydrazine groups is 1. The number of nitrogen functional groups attached to an aromatic ring is 1. The van der Waals surface area contributed by atoms with Crippen molar-refractivity contribution in [1.82, 2.24) is 15.6 Å². The molecule has 7 heteroatoms. The highest BCUT2D eigenvalue weighted by molar-refractivity contribution is 5.92. The second kappa shape index (κ2) is 5.46. The van der Waals surface area contributed by atoms with Crippen molar-refractivity contribution in [3.63, 3.8) is 0 Å². The van der Waals surface area contributed by atoms with Crippen LogP contribution in [0.3, 0.4) is 0 Å². The lowest BCUT2D eigenvalue weighted by molar-refractivity contribution is -0.122. The molecule has 1 atom stereocenters. The Kier molecular flexibility index (Phi) is 3.73. The van der Waals surface area contributed by atoms with Crippen LogP contribution in [0.1, 0.15) is 23.3 Å². The van der Waals surface area contributed by atoms with Crippen molar-refractivity contribution in [3.05, 3.63) is 24.0 Å². The number of hydrogen-bond donors (Lipinski definition) is 4. The third kappa shape index (κ3) is 2.95. The molecule has 0 spiro atoms. The maximum absolute atomic E-state index is 11.9. The van der Waals surface area contributed by atoms with Gasteiger partial charge in [0.2, 0.25) is 5.91 Å². The maximum atomic E-state index is 11.9. The summed E-state index contributed by atoms with van der Waals surface area (Å²) in [6, 6.07) is 3.22. The Balaban J connectivity index is 1.92. The van der Waals surface area contributed by atoms with E-state index in [-0.39, 0.29) is 17.9 Å². The van der Waals surface area contributed by atoms with Crippen LogP contribution >= 0.6 is 0 Å².